The smallest absolute Gasteiger partial charge is 0.338 e. The Balaban J connectivity index is 2.02. The van der Waals surface area contributed by atoms with Crippen molar-refractivity contribution in [3.63, 3.8) is 0 Å². The summed E-state index contributed by atoms with van der Waals surface area (Å²) in [5, 5.41) is 3.56. The third kappa shape index (κ3) is 3.63. The number of amides is 1. The second-order valence-electron chi connectivity index (χ2n) is 5.45. The summed E-state index contributed by atoms with van der Waals surface area (Å²) in [5.74, 6) is -0.660. The van der Waals surface area contributed by atoms with Gasteiger partial charge in [0.05, 0.1) is 23.4 Å². The van der Waals surface area contributed by atoms with E-state index in [0.717, 1.165) is 5.69 Å². The van der Waals surface area contributed by atoms with Gasteiger partial charge < -0.3 is 10.1 Å². The molecule has 1 N–H and O–H groups in total. The zero-order valence-electron chi connectivity index (χ0n) is 13.9. The van der Waals surface area contributed by atoms with Gasteiger partial charge in [-0.2, -0.15) is 0 Å². The third-order valence-corrected chi connectivity index (χ3v) is 3.64. The van der Waals surface area contributed by atoms with Gasteiger partial charge in [-0.25, -0.2) is 4.79 Å². The van der Waals surface area contributed by atoms with Crippen LogP contribution in [-0.4, -0.2) is 28.5 Å². The number of hydrogen-bond acceptors (Lipinski definition) is 5. The number of nitrogens with zero attached hydrogens (tertiary/aromatic N) is 2. The summed E-state index contributed by atoms with van der Waals surface area (Å²) in [5.41, 5.74) is 2.97. The first kappa shape index (κ1) is 16.6. The van der Waals surface area contributed by atoms with E-state index in [1.54, 1.807) is 55.7 Å². The number of benzene rings is 1. The lowest BCUT2D eigenvalue weighted by atomic mass is 10.1. The third-order valence-electron chi connectivity index (χ3n) is 3.64. The highest BCUT2D eigenvalue weighted by atomic mass is 16.5. The molecule has 6 heteroatoms. The second-order valence-corrected chi connectivity index (χ2v) is 5.45. The molecule has 126 valence electrons. The predicted octanol–water partition coefficient (Wildman–Crippen LogP) is 3.37. The van der Waals surface area contributed by atoms with Gasteiger partial charge in [0.15, 0.2) is 0 Å². The molecule has 6 nitrogen and oxygen atoms in total. The Morgan fingerprint density at radius 3 is 2.56 bits per heavy atom. The van der Waals surface area contributed by atoms with Crippen LogP contribution in [0, 0.1) is 6.92 Å². The fourth-order valence-corrected chi connectivity index (χ4v) is 2.50. The summed E-state index contributed by atoms with van der Waals surface area (Å²) in [6.07, 6.45) is 3.12. The van der Waals surface area contributed by atoms with Crippen LogP contribution >= 0.6 is 0 Å². The maximum absolute atomic E-state index is 12.4. The highest BCUT2D eigenvalue weighted by molar-refractivity contribution is 6.09. The number of anilines is 1. The van der Waals surface area contributed by atoms with Gasteiger partial charge in [0.2, 0.25) is 0 Å². The Labute approximate surface area is 144 Å². The molecule has 0 aliphatic heterocycles. The molecule has 0 aliphatic rings. The largest absolute Gasteiger partial charge is 0.462 e. The number of aromatic nitrogens is 2. The number of carbonyl (C=O) groups is 2. The molecular formula is C19H17N3O3. The minimum Gasteiger partial charge on any atom is -0.462 e. The fourth-order valence-electron chi connectivity index (χ4n) is 2.50. The molecule has 0 saturated heterocycles. The summed E-state index contributed by atoms with van der Waals surface area (Å²) >= 11 is 0. The lowest BCUT2D eigenvalue weighted by Crippen LogP contribution is -2.13. The molecule has 0 radical (unpaired) electrons. The van der Waals surface area contributed by atoms with Gasteiger partial charge in [0, 0.05) is 29.0 Å². The van der Waals surface area contributed by atoms with Crippen LogP contribution in [0.5, 0.6) is 0 Å². The van der Waals surface area contributed by atoms with Gasteiger partial charge in [-0.05, 0) is 50.2 Å². The molecule has 2 heterocycles. The first-order valence-corrected chi connectivity index (χ1v) is 7.88. The quantitative estimate of drug-likeness (QED) is 0.739. The van der Waals surface area contributed by atoms with E-state index in [0.29, 0.717) is 34.3 Å². The van der Waals surface area contributed by atoms with E-state index in [9.17, 15) is 9.59 Å². The fraction of sp³-hybridized carbons (Fsp3) is 0.158. The molecular weight excluding hydrogens is 318 g/mol. The highest BCUT2D eigenvalue weighted by Crippen LogP contribution is 2.25. The Morgan fingerprint density at radius 2 is 1.84 bits per heavy atom. The molecule has 0 spiro atoms. The number of hydrogen-bond donors (Lipinski definition) is 1. The molecule has 1 amide bonds. The van der Waals surface area contributed by atoms with E-state index in [1.165, 1.54) is 0 Å². The molecule has 2 aromatic heterocycles. The number of ether oxygens (including phenoxy) is 1. The van der Waals surface area contributed by atoms with Crippen molar-refractivity contribution < 1.29 is 14.3 Å². The molecule has 25 heavy (non-hydrogen) atoms. The maximum Gasteiger partial charge on any atom is 0.338 e. The SMILES string of the molecule is CCOC(=O)c1ccc2nc(C)cc(NC(=O)c3ccncc3)c2c1. The van der Waals surface area contributed by atoms with Crippen LogP contribution in [0.2, 0.25) is 0 Å². The normalized spacial score (nSPS) is 10.5. The van der Waals surface area contributed by atoms with Gasteiger partial charge in [-0.1, -0.05) is 0 Å². The molecule has 0 atom stereocenters. The van der Waals surface area contributed by atoms with Crippen molar-refractivity contribution in [1.82, 2.24) is 9.97 Å². The van der Waals surface area contributed by atoms with Gasteiger partial charge in [0.25, 0.3) is 5.91 Å². The molecule has 3 rings (SSSR count). The van der Waals surface area contributed by atoms with Crippen LogP contribution in [0.1, 0.15) is 33.3 Å². The van der Waals surface area contributed by atoms with Crippen molar-refractivity contribution in [3.05, 3.63) is 65.6 Å². The first-order valence-electron chi connectivity index (χ1n) is 7.88. The molecule has 0 fully saturated rings. The number of aryl methyl sites for hydroxylation is 1. The Kier molecular flexibility index (Phi) is 4.70. The summed E-state index contributed by atoms with van der Waals surface area (Å²) in [4.78, 5) is 32.8. The van der Waals surface area contributed by atoms with Gasteiger partial charge in [-0.15, -0.1) is 0 Å². The number of rotatable bonds is 4. The predicted molar refractivity (Wildman–Crippen MR) is 94.6 cm³/mol. The van der Waals surface area contributed by atoms with E-state index in [2.05, 4.69) is 15.3 Å². The van der Waals surface area contributed by atoms with Crippen molar-refractivity contribution in [3.8, 4) is 0 Å². The Bertz CT molecular complexity index is 939. The van der Waals surface area contributed by atoms with Crippen molar-refractivity contribution >= 4 is 28.5 Å². The van der Waals surface area contributed by atoms with Crippen LogP contribution in [0.3, 0.4) is 0 Å². The van der Waals surface area contributed by atoms with Crippen LogP contribution in [0.15, 0.2) is 48.8 Å². The number of esters is 1. The average Bonchev–Trinajstić information content (AvgIpc) is 2.62. The molecule has 1 aromatic carbocycles. The van der Waals surface area contributed by atoms with Crippen LogP contribution < -0.4 is 5.32 Å². The Hall–Kier alpha value is -3.28. The van der Waals surface area contributed by atoms with Crippen molar-refractivity contribution in [2.45, 2.75) is 13.8 Å². The van der Waals surface area contributed by atoms with Gasteiger partial charge in [0.1, 0.15) is 0 Å². The number of fused-ring (bicyclic) bond motifs is 1. The molecule has 0 saturated carbocycles. The van der Waals surface area contributed by atoms with Crippen molar-refractivity contribution in [2.75, 3.05) is 11.9 Å². The molecule has 0 unspecified atom stereocenters. The zero-order valence-corrected chi connectivity index (χ0v) is 13.9. The molecule has 0 bridgehead atoms. The first-order chi connectivity index (χ1) is 12.1. The van der Waals surface area contributed by atoms with E-state index < -0.39 is 5.97 Å². The van der Waals surface area contributed by atoms with Crippen molar-refractivity contribution in [2.24, 2.45) is 0 Å². The number of carbonyl (C=O) groups excluding carboxylic acids is 2. The lowest BCUT2D eigenvalue weighted by Gasteiger charge is -2.11. The van der Waals surface area contributed by atoms with Crippen molar-refractivity contribution in [1.29, 1.82) is 0 Å². The monoisotopic (exact) mass is 335 g/mol. The van der Waals surface area contributed by atoms with Gasteiger partial charge >= 0.3 is 5.97 Å². The summed E-state index contributed by atoms with van der Waals surface area (Å²) in [6, 6.07) is 10.1. The number of nitrogens with one attached hydrogen (secondary N) is 1. The topological polar surface area (TPSA) is 81.2 Å². The Morgan fingerprint density at radius 1 is 1.08 bits per heavy atom. The van der Waals surface area contributed by atoms with Crippen LogP contribution in [0.4, 0.5) is 5.69 Å². The minimum absolute atomic E-state index is 0.254. The standard InChI is InChI=1S/C19H17N3O3/c1-3-25-19(24)14-4-5-16-15(11-14)17(10-12(2)21-16)22-18(23)13-6-8-20-9-7-13/h4-11H,3H2,1-2H3,(H,21,22,23). The zero-order chi connectivity index (χ0) is 17.8. The lowest BCUT2D eigenvalue weighted by molar-refractivity contribution is 0.0526. The van der Waals surface area contributed by atoms with E-state index in [1.807, 2.05) is 6.92 Å². The van der Waals surface area contributed by atoms with Crippen LogP contribution in [-0.2, 0) is 4.74 Å². The average molecular weight is 335 g/mol. The highest BCUT2D eigenvalue weighted by Gasteiger charge is 2.13. The van der Waals surface area contributed by atoms with Crippen LogP contribution in [0.25, 0.3) is 10.9 Å². The summed E-state index contributed by atoms with van der Waals surface area (Å²) in [6.45, 7) is 3.90. The molecule has 0 aliphatic carbocycles. The van der Waals surface area contributed by atoms with E-state index in [-0.39, 0.29) is 5.91 Å². The van der Waals surface area contributed by atoms with E-state index >= 15 is 0 Å². The molecule has 3 aromatic rings. The second kappa shape index (κ2) is 7.09. The summed E-state index contributed by atoms with van der Waals surface area (Å²) in [7, 11) is 0. The number of pyridine rings is 2. The van der Waals surface area contributed by atoms with Gasteiger partial charge in [-0.3, -0.25) is 14.8 Å². The minimum atomic E-state index is -0.406. The van der Waals surface area contributed by atoms with E-state index in [4.69, 9.17) is 4.74 Å². The maximum atomic E-state index is 12.4. The summed E-state index contributed by atoms with van der Waals surface area (Å²) < 4.78 is 5.04.